The monoisotopic (exact) mass is 279 g/mol. The molecule has 1 aromatic rings. The van der Waals surface area contributed by atoms with Crippen molar-refractivity contribution >= 4 is 11.9 Å². The summed E-state index contributed by atoms with van der Waals surface area (Å²) in [5.74, 6) is 1.34. The zero-order chi connectivity index (χ0) is 14.4. The van der Waals surface area contributed by atoms with Crippen LogP contribution in [0.4, 0.5) is 11.9 Å². The molecule has 0 radical (unpaired) electrons. The molecule has 1 fully saturated rings. The zero-order valence-electron chi connectivity index (χ0n) is 12.7. The minimum absolute atomic E-state index is 0.114. The van der Waals surface area contributed by atoms with E-state index in [4.69, 9.17) is 4.74 Å². The molecule has 1 aromatic heterocycles. The van der Waals surface area contributed by atoms with Gasteiger partial charge in [-0.1, -0.05) is 13.8 Å². The van der Waals surface area contributed by atoms with E-state index in [-0.39, 0.29) is 6.10 Å². The number of anilines is 2. The Kier molecular flexibility index (Phi) is 5.38. The minimum Gasteiger partial charge on any atom is -0.460 e. The second kappa shape index (κ2) is 7.26. The molecule has 1 saturated heterocycles. The lowest BCUT2D eigenvalue weighted by Gasteiger charge is -2.18. The highest BCUT2D eigenvalue weighted by Gasteiger charge is 2.18. The second-order valence-electron chi connectivity index (χ2n) is 5.20. The molecule has 1 aliphatic rings. The molecule has 1 unspecified atom stereocenters. The van der Waals surface area contributed by atoms with E-state index in [0.29, 0.717) is 12.0 Å². The highest BCUT2D eigenvalue weighted by Crippen LogP contribution is 2.20. The summed E-state index contributed by atoms with van der Waals surface area (Å²) in [6.45, 7) is 9.11. The Morgan fingerprint density at radius 1 is 1.20 bits per heavy atom. The maximum Gasteiger partial charge on any atom is 0.323 e. The van der Waals surface area contributed by atoms with Crippen molar-refractivity contribution in [3.8, 4) is 6.01 Å². The van der Waals surface area contributed by atoms with Crippen LogP contribution in [0.3, 0.4) is 0 Å². The van der Waals surface area contributed by atoms with Gasteiger partial charge in [0.1, 0.15) is 0 Å². The van der Waals surface area contributed by atoms with Gasteiger partial charge in [0.15, 0.2) is 0 Å². The van der Waals surface area contributed by atoms with Crippen LogP contribution in [0.25, 0.3) is 0 Å². The maximum absolute atomic E-state index is 5.76. The van der Waals surface area contributed by atoms with E-state index in [1.54, 1.807) is 0 Å². The molecule has 1 N–H and O–H groups in total. The van der Waals surface area contributed by atoms with Crippen molar-refractivity contribution in [2.24, 2.45) is 0 Å². The first-order chi connectivity index (χ1) is 9.72. The lowest BCUT2D eigenvalue weighted by atomic mass is 10.3. The molecule has 6 nitrogen and oxygen atoms in total. The number of hydrogen-bond acceptors (Lipinski definition) is 6. The van der Waals surface area contributed by atoms with E-state index in [2.05, 4.69) is 39.0 Å². The molecule has 20 heavy (non-hydrogen) atoms. The minimum atomic E-state index is 0.114. The van der Waals surface area contributed by atoms with Crippen LogP contribution < -0.4 is 15.0 Å². The molecule has 1 atom stereocenters. The Bertz CT molecular complexity index is 420. The fourth-order valence-corrected chi connectivity index (χ4v) is 2.04. The number of ether oxygens (including phenoxy) is 1. The molecule has 2 rings (SSSR count). The Morgan fingerprint density at radius 3 is 2.60 bits per heavy atom. The van der Waals surface area contributed by atoms with Gasteiger partial charge in [-0.15, -0.1) is 0 Å². The first-order valence-electron chi connectivity index (χ1n) is 7.64. The predicted octanol–water partition coefficient (Wildman–Crippen LogP) is 2.47. The molecule has 6 heteroatoms. The molecule has 0 aliphatic carbocycles. The van der Waals surface area contributed by atoms with Gasteiger partial charge in [-0.05, 0) is 32.6 Å². The van der Waals surface area contributed by atoms with Crippen molar-refractivity contribution in [1.82, 2.24) is 15.0 Å². The van der Waals surface area contributed by atoms with E-state index in [0.717, 1.165) is 38.4 Å². The summed E-state index contributed by atoms with van der Waals surface area (Å²) in [7, 11) is 0. The third kappa shape index (κ3) is 3.95. The molecule has 1 aliphatic heterocycles. The number of hydrogen-bond donors (Lipinski definition) is 1. The van der Waals surface area contributed by atoms with Gasteiger partial charge in [0.25, 0.3) is 0 Å². The summed E-state index contributed by atoms with van der Waals surface area (Å²) >= 11 is 0. The van der Waals surface area contributed by atoms with Gasteiger partial charge in [0.2, 0.25) is 11.9 Å². The Labute approximate surface area is 121 Å². The first-order valence-corrected chi connectivity index (χ1v) is 7.64. The van der Waals surface area contributed by atoms with Gasteiger partial charge in [-0.25, -0.2) is 0 Å². The highest BCUT2D eigenvalue weighted by molar-refractivity contribution is 5.39. The number of rotatable bonds is 7. The third-order valence-corrected chi connectivity index (χ3v) is 3.41. The normalized spacial score (nSPS) is 16.2. The summed E-state index contributed by atoms with van der Waals surface area (Å²) in [6, 6.07) is 0.426. The molecule has 2 heterocycles. The smallest absolute Gasteiger partial charge is 0.323 e. The summed E-state index contributed by atoms with van der Waals surface area (Å²) < 4.78 is 5.76. The topological polar surface area (TPSA) is 63.2 Å². The standard InChI is InChI=1S/C14H25N5O/c1-4-8-15-12-16-13(19-9-6-7-10-19)18-14(17-12)20-11(3)5-2/h11H,4-10H2,1-3H3,(H,15,16,17,18). The van der Waals surface area contributed by atoms with Crippen LogP contribution in [0.2, 0.25) is 0 Å². The van der Waals surface area contributed by atoms with Gasteiger partial charge in [0.05, 0.1) is 6.10 Å². The third-order valence-electron chi connectivity index (χ3n) is 3.41. The van der Waals surface area contributed by atoms with Crippen LogP contribution in [0.5, 0.6) is 6.01 Å². The average Bonchev–Trinajstić information content (AvgIpc) is 2.99. The summed E-state index contributed by atoms with van der Waals surface area (Å²) in [5.41, 5.74) is 0. The van der Waals surface area contributed by atoms with Crippen molar-refractivity contribution in [1.29, 1.82) is 0 Å². The molecule has 0 bridgehead atoms. The summed E-state index contributed by atoms with van der Waals surface area (Å²) in [6.07, 6.45) is 4.48. The van der Waals surface area contributed by atoms with Gasteiger partial charge >= 0.3 is 6.01 Å². The Morgan fingerprint density at radius 2 is 1.95 bits per heavy atom. The SMILES string of the molecule is CCCNc1nc(OC(C)CC)nc(N2CCCC2)n1. The van der Waals surface area contributed by atoms with Gasteiger partial charge < -0.3 is 15.0 Å². The van der Waals surface area contributed by atoms with Gasteiger partial charge in [0, 0.05) is 19.6 Å². The van der Waals surface area contributed by atoms with E-state index >= 15 is 0 Å². The molecular formula is C14H25N5O. The van der Waals surface area contributed by atoms with Crippen LogP contribution in [0.1, 0.15) is 46.5 Å². The zero-order valence-corrected chi connectivity index (χ0v) is 12.7. The fourth-order valence-electron chi connectivity index (χ4n) is 2.04. The van der Waals surface area contributed by atoms with Crippen molar-refractivity contribution in [2.75, 3.05) is 29.9 Å². The van der Waals surface area contributed by atoms with Crippen LogP contribution in [0, 0.1) is 0 Å². The van der Waals surface area contributed by atoms with Crippen molar-refractivity contribution < 1.29 is 4.74 Å². The number of aromatic nitrogens is 3. The van der Waals surface area contributed by atoms with Crippen LogP contribution in [-0.2, 0) is 0 Å². The average molecular weight is 279 g/mol. The fraction of sp³-hybridized carbons (Fsp3) is 0.786. The van der Waals surface area contributed by atoms with Crippen LogP contribution in [-0.4, -0.2) is 40.7 Å². The summed E-state index contributed by atoms with van der Waals surface area (Å²) in [4.78, 5) is 15.5. The molecule has 0 aromatic carbocycles. The van der Waals surface area contributed by atoms with E-state index in [9.17, 15) is 0 Å². The Balaban J connectivity index is 2.18. The van der Waals surface area contributed by atoms with E-state index in [1.165, 1.54) is 12.8 Å². The number of nitrogens with one attached hydrogen (secondary N) is 1. The van der Waals surface area contributed by atoms with Crippen molar-refractivity contribution in [2.45, 2.75) is 52.6 Å². The van der Waals surface area contributed by atoms with Gasteiger partial charge in [-0.3, -0.25) is 0 Å². The summed E-state index contributed by atoms with van der Waals surface area (Å²) in [5, 5.41) is 3.22. The largest absolute Gasteiger partial charge is 0.460 e. The molecule has 0 amide bonds. The molecule has 0 saturated carbocycles. The lowest BCUT2D eigenvalue weighted by molar-refractivity contribution is 0.199. The van der Waals surface area contributed by atoms with E-state index in [1.807, 2.05) is 6.92 Å². The van der Waals surface area contributed by atoms with Crippen LogP contribution >= 0.6 is 0 Å². The van der Waals surface area contributed by atoms with E-state index < -0.39 is 0 Å². The highest BCUT2D eigenvalue weighted by atomic mass is 16.5. The second-order valence-corrected chi connectivity index (χ2v) is 5.20. The van der Waals surface area contributed by atoms with Crippen molar-refractivity contribution in [3.63, 3.8) is 0 Å². The predicted molar refractivity (Wildman–Crippen MR) is 80.4 cm³/mol. The first kappa shape index (κ1) is 14.8. The lowest BCUT2D eigenvalue weighted by Crippen LogP contribution is -2.23. The molecule has 0 spiro atoms. The Hall–Kier alpha value is -1.59. The van der Waals surface area contributed by atoms with Crippen molar-refractivity contribution in [3.05, 3.63) is 0 Å². The molecule has 112 valence electrons. The number of nitrogens with zero attached hydrogens (tertiary/aromatic N) is 4. The van der Waals surface area contributed by atoms with Crippen LogP contribution in [0.15, 0.2) is 0 Å². The maximum atomic E-state index is 5.76. The molecular weight excluding hydrogens is 254 g/mol. The quantitative estimate of drug-likeness (QED) is 0.827. The van der Waals surface area contributed by atoms with Gasteiger partial charge in [-0.2, -0.15) is 15.0 Å².